The van der Waals surface area contributed by atoms with Gasteiger partial charge in [0.15, 0.2) is 17.9 Å². The highest BCUT2D eigenvalue weighted by atomic mass is 32.2. The van der Waals surface area contributed by atoms with Crippen LogP contribution in [0.3, 0.4) is 0 Å². The highest BCUT2D eigenvalue weighted by molar-refractivity contribution is 7.87. The van der Waals surface area contributed by atoms with Crippen molar-refractivity contribution in [2.75, 3.05) is 6.61 Å². The number of alkyl halides is 3. The molecule has 0 bridgehead atoms. The molecule has 3 fully saturated rings. The van der Waals surface area contributed by atoms with Gasteiger partial charge in [0.25, 0.3) is 0 Å². The van der Waals surface area contributed by atoms with Gasteiger partial charge < -0.3 is 23.7 Å². The predicted octanol–water partition coefficient (Wildman–Crippen LogP) is 1.25. The largest absolute Gasteiger partial charge is 0.523 e. The van der Waals surface area contributed by atoms with Crippen LogP contribution in [0.1, 0.15) is 27.7 Å². The van der Waals surface area contributed by atoms with Gasteiger partial charge in [-0.05, 0) is 27.7 Å². The third-order valence-electron chi connectivity index (χ3n) is 3.95. The van der Waals surface area contributed by atoms with E-state index in [4.69, 9.17) is 23.7 Å². The summed E-state index contributed by atoms with van der Waals surface area (Å²) in [5, 5.41) is 0. The summed E-state index contributed by atoms with van der Waals surface area (Å²) in [4.78, 5) is 0. The number of halogens is 3. The van der Waals surface area contributed by atoms with Crippen LogP contribution in [0.5, 0.6) is 0 Å². The van der Waals surface area contributed by atoms with Crippen molar-refractivity contribution in [3.63, 3.8) is 0 Å². The van der Waals surface area contributed by atoms with Gasteiger partial charge in [-0.2, -0.15) is 21.6 Å². The van der Waals surface area contributed by atoms with Crippen molar-refractivity contribution in [2.24, 2.45) is 0 Å². The van der Waals surface area contributed by atoms with Crippen molar-refractivity contribution in [1.82, 2.24) is 0 Å². The van der Waals surface area contributed by atoms with Gasteiger partial charge >= 0.3 is 15.6 Å². The lowest BCUT2D eigenvalue weighted by Gasteiger charge is -2.28. The SMILES string of the molecule is CC1(C)O[C@H]2O[C@H]([C@H]3COC(C)(C)O3)[C@@H](OS(=O)(=O)C(F)(F)F)[C@H]2O1. The molecule has 0 amide bonds. The van der Waals surface area contributed by atoms with Crippen molar-refractivity contribution in [3.8, 4) is 0 Å². The minimum absolute atomic E-state index is 0.00751. The Morgan fingerprint density at radius 1 is 1.00 bits per heavy atom. The molecule has 0 aromatic carbocycles. The molecule has 0 aromatic rings. The summed E-state index contributed by atoms with van der Waals surface area (Å²) in [7, 11) is -5.86. The Morgan fingerprint density at radius 3 is 2.16 bits per heavy atom. The Balaban J connectivity index is 1.86. The monoisotopic (exact) mass is 392 g/mol. The van der Waals surface area contributed by atoms with Crippen LogP contribution >= 0.6 is 0 Å². The lowest BCUT2D eigenvalue weighted by atomic mass is 10.1. The molecule has 3 aliphatic heterocycles. The minimum atomic E-state index is -5.86. The first-order valence-corrected chi connectivity index (χ1v) is 8.94. The van der Waals surface area contributed by atoms with E-state index in [0.29, 0.717) is 0 Å². The minimum Gasteiger partial charge on any atom is -0.348 e. The molecule has 3 saturated heterocycles. The third-order valence-corrected chi connectivity index (χ3v) is 4.99. The van der Waals surface area contributed by atoms with E-state index in [1.807, 2.05) is 0 Å². The average Bonchev–Trinajstić information content (AvgIpc) is 2.99. The zero-order valence-electron chi connectivity index (χ0n) is 13.9. The summed E-state index contributed by atoms with van der Waals surface area (Å²) in [5.74, 6) is -2.14. The van der Waals surface area contributed by atoms with E-state index in [9.17, 15) is 21.6 Å². The molecule has 0 saturated carbocycles. The Kier molecular flexibility index (Phi) is 4.43. The van der Waals surface area contributed by atoms with E-state index < -0.39 is 57.9 Å². The molecule has 0 aliphatic carbocycles. The van der Waals surface area contributed by atoms with Crippen molar-refractivity contribution in [1.29, 1.82) is 0 Å². The van der Waals surface area contributed by atoms with E-state index >= 15 is 0 Å². The van der Waals surface area contributed by atoms with E-state index in [2.05, 4.69) is 4.18 Å². The van der Waals surface area contributed by atoms with E-state index in [0.717, 1.165) is 0 Å². The van der Waals surface area contributed by atoms with Gasteiger partial charge in [0.05, 0.1) is 6.61 Å². The maximum Gasteiger partial charge on any atom is 0.523 e. The van der Waals surface area contributed by atoms with Crippen molar-refractivity contribution in [2.45, 2.75) is 75.5 Å². The number of ether oxygens (including phenoxy) is 5. The Bertz CT molecular complexity index is 632. The molecular weight excluding hydrogens is 373 g/mol. The molecule has 8 nitrogen and oxygen atoms in total. The molecule has 0 spiro atoms. The van der Waals surface area contributed by atoms with Crippen LogP contribution in [0, 0.1) is 0 Å². The number of rotatable bonds is 3. The lowest BCUT2D eigenvalue weighted by Crippen LogP contribution is -2.46. The van der Waals surface area contributed by atoms with Gasteiger partial charge in [0.2, 0.25) is 0 Å². The number of fused-ring (bicyclic) bond motifs is 1. The zero-order valence-corrected chi connectivity index (χ0v) is 14.7. The molecule has 3 aliphatic rings. The summed E-state index contributed by atoms with van der Waals surface area (Å²) in [6.07, 6.45) is -5.86. The molecule has 0 N–H and O–H groups in total. The highest BCUT2D eigenvalue weighted by Gasteiger charge is 2.62. The number of hydrogen-bond donors (Lipinski definition) is 0. The average molecular weight is 392 g/mol. The fourth-order valence-corrected chi connectivity index (χ4v) is 3.61. The van der Waals surface area contributed by atoms with Crippen LogP contribution in [0.25, 0.3) is 0 Å². The second-order valence-electron chi connectivity index (χ2n) is 6.90. The smallest absolute Gasteiger partial charge is 0.348 e. The van der Waals surface area contributed by atoms with Crippen molar-refractivity contribution in [3.05, 3.63) is 0 Å². The fraction of sp³-hybridized carbons (Fsp3) is 1.00. The van der Waals surface area contributed by atoms with Gasteiger partial charge in [-0.1, -0.05) is 0 Å². The van der Waals surface area contributed by atoms with Crippen LogP contribution in [0.15, 0.2) is 0 Å². The lowest BCUT2D eigenvalue weighted by molar-refractivity contribution is -0.230. The Labute approximate surface area is 142 Å². The molecular formula is C13H19F3O8S. The first kappa shape index (κ1) is 19.3. The normalized spacial score (nSPS) is 40.4. The predicted molar refractivity (Wildman–Crippen MR) is 73.4 cm³/mol. The summed E-state index contributed by atoms with van der Waals surface area (Å²) in [6, 6.07) is 0. The topological polar surface area (TPSA) is 89.5 Å². The van der Waals surface area contributed by atoms with Gasteiger partial charge in [-0.15, -0.1) is 0 Å². The van der Waals surface area contributed by atoms with Crippen LogP contribution in [-0.2, 0) is 38.0 Å². The van der Waals surface area contributed by atoms with Gasteiger partial charge in [-0.25, -0.2) is 0 Å². The summed E-state index contributed by atoms with van der Waals surface area (Å²) in [6.45, 7) is 6.27. The van der Waals surface area contributed by atoms with Gasteiger partial charge in [-0.3, -0.25) is 4.18 Å². The van der Waals surface area contributed by atoms with E-state index in [1.54, 1.807) is 13.8 Å². The zero-order chi connectivity index (χ0) is 18.8. The summed E-state index contributed by atoms with van der Waals surface area (Å²) < 4.78 is 93.0. The second kappa shape index (κ2) is 5.75. The molecule has 0 unspecified atom stereocenters. The molecule has 12 heteroatoms. The van der Waals surface area contributed by atoms with Crippen molar-refractivity contribution < 1.29 is 49.5 Å². The standard InChI is InChI=1S/C13H19F3O8S/c1-11(2)19-5-6(21-11)7-8(24-25(17,18)13(14,15)16)9-10(20-7)23-12(3,4)22-9/h6-10H,5H2,1-4H3/t6-,7-,8-,9-,10-/m1/s1. The van der Waals surface area contributed by atoms with Gasteiger partial charge in [0, 0.05) is 0 Å². The number of hydrogen-bond acceptors (Lipinski definition) is 8. The summed E-state index contributed by atoms with van der Waals surface area (Å²) in [5.41, 5.74) is -5.57. The van der Waals surface area contributed by atoms with Crippen LogP contribution in [0.4, 0.5) is 13.2 Å². The van der Waals surface area contributed by atoms with Crippen LogP contribution in [-0.4, -0.2) is 62.8 Å². The maximum absolute atomic E-state index is 12.7. The Morgan fingerprint density at radius 2 is 1.64 bits per heavy atom. The quantitative estimate of drug-likeness (QED) is 0.524. The van der Waals surface area contributed by atoms with Crippen LogP contribution < -0.4 is 0 Å². The molecule has 25 heavy (non-hydrogen) atoms. The van der Waals surface area contributed by atoms with Crippen molar-refractivity contribution >= 4 is 10.1 Å². The molecule has 0 aromatic heterocycles. The third kappa shape index (κ3) is 3.66. The molecule has 3 rings (SSSR count). The fourth-order valence-electron chi connectivity index (χ4n) is 2.99. The second-order valence-corrected chi connectivity index (χ2v) is 8.46. The molecule has 146 valence electrons. The molecule has 3 heterocycles. The van der Waals surface area contributed by atoms with Gasteiger partial charge in [0.1, 0.15) is 24.4 Å². The van der Waals surface area contributed by atoms with E-state index in [1.165, 1.54) is 13.8 Å². The first-order valence-electron chi connectivity index (χ1n) is 7.53. The molecule has 0 radical (unpaired) electrons. The Hall–Kier alpha value is -0.500. The van der Waals surface area contributed by atoms with E-state index in [-0.39, 0.29) is 6.61 Å². The van der Waals surface area contributed by atoms with Crippen LogP contribution in [0.2, 0.25) is 0 Å². The summed E-state index contributed by atoms with van der Waals surface area (Å²) >= 11 is 0. The highest BCUT2D eigenvalue weighted by Crippen LogP contribution is 2.43. The molecule has 5 atom stereocenters. The first-order chi connectivity index (χ1) is 11.2. The maximum atomic E-state index is 12.7.